The van der Waals surface area contributed by atoms with Gasteiger partial charge >= 0.3 is 6.03 Å². The number of carbonyl (C=O) groups excluding carboxylic acids is 2. The first-order valence-electron chi connectivity index (χ1n) is 7.94. The van der Waals surface area contributed by atoms with Gasteiger partial charge in [0.2, 0.25) is 5.91 Å². The average molecular weight is 344 g/mol. The van der Waals surface area contributed by atoms with Crippen LogP contribution in [0.5, 0.6) is 0 Å². The molecule has 1 atom stereocenters. The van der Waals surface area contributed by atoms with Crippen molar-refractivity contribution >= 4 is 28.4 Å². The van der Waals surface area contributed by atoms with Crippen LogP contribution in [0.1, 0.15) is 28.5 Å². The molecule has 0 fully saturated rings. The maximum atomic E-state index is 11.8. The second kappa shape index (κ2) is 7.44. The lowest BCUT2D eigenvalue weighted by atomic mass is 9.85. The summed E-state index contributed by atoms with van der Waals surface area (Å²) in [6, 6.07) is 10.1. The minimum Gasteiger partial charge on any atom is -0.358 e. The number of thiazole rings is 1. The summed E-state index contributed by atoms with van der Waals surface area (Å²) in [7, 11) is 1.53. The van der Waals surface area contributed by atoms with E-state index in [1.807, 2.05) is 6.07 Å². The number of carbonyl (C=O) groups is 2. The van der Waals surface area contributed by atoms with Crippen molar-refractivity contribution in [1.29, 1.82) is 0 Å². The predicted molar refractivity (Wildman–Crippen MR) is 94.4 cm³/mol. The number of aromatic nitrogens is 1. The van der Waals surface area contributed by atoms with Crippen molar-refractivity contribution in [1.82, 2.24) is 15.6 Å². The number of anilines is 1. The summed E-state index contributed by atoms with van der Waals surface area (Å²) in [6.07, 6.45) is 2.95. The molecule has 126 valence electrons. The molecule has 0 saturated heterocycles. The highest BCUT2D eigenvalue weighted by atomic mass is 32.1. The van der Waals surface area contributed by atoms with Gasteiger partial charge in [0.1, 0.15) is 0 Å². The van der Waals surface area contributed by atoms with E-state index >= 15 is 0 Å². The van der Waals surface area contributed by atoms with E-state index in [0.717, 1.165) is 25.0 Å². The summed E-state index contributed by atoms with van der Waals surface area (Å²) in [5.74, 6) is 0.267. The second-order valence-electron chi connectivity index (χ2n) is 5.72. The second-order valence-corrected chi connectivity index (χ2v) is 6.80. The Hall–Kier alpha value is -2.41. The van der Waals surface area contributed by atoms with E-state index < -0.39 is 6.03 Å². The minimum atomic E-state index is -0.413. The van der Waals surface area contributed by atoms with Crippen molar-refractivity contribution in [2.24, 2.45) is 0 Å². The number of nitrogens with one attached hydrogen (secondary N) is 3. The molecule has 0 radical (unpaired) electrons. The van der Waals surface area contributed by atoms with E-state index in [9.17, 15) is 9.59 Å². The monoisotopic (exact) mass is 344 g/mol. The summed E-state index contributed by atoms with van der Waals surface area (Å²) in [5, 5.41) is 8.25. The molecular formula is C17H20N4O2S. The molecule has 1 aliphatic carbocycles. The van der Waals surface area contributed by atoms with Crippen LogP contribution in [-0.4, -0.2) is 30.5 Å². The molecule has 0 spiro atoms. The Morgan fingerprint density at radius 3 is 2.83 bits per heavy atom. The van der Waals surface area contributed by atoms with Crippen LogP contribution in [0, 0.1) is 0 Å². The molecule has 1 aromatic heterocycles. The smallest absolute Gasteiger partial charge is 0.321 e. The Morgan fingerprint density at radius 1 is 1.29 bits per heavy atom. The van der Waals surface area contributed by atoms with Crippen LogP contribution in [0.4, 0.5) is 9.93 Å². The molecule has 7 heteroatoms. The van der Waals surface area contributed by atoms with Crippen molar-refractivity contribution in [2.75, 3.05) is 18.9 Å². The van der Waals surface area contributed by atoms with Crippen molar-refractivity contribution < 1.29 is 9.59 Å². The van der Waals surface area contributed by atoms with Gasteiger partial charge in [-0.1, -0.05) is 30.3 Å². The Morgan fingerprint density at radius 2 is 2.08 bits per heavy atom. The van der Waals surface area contributed by atoms with Crippen LogP contribution in [0.25, 0.3) is 0 Å². The molecule has 1 aromatic carbocycles. The third-order valence-electron chi connectivity index (χ3n) is 4.12. The molecule has 0 bridgehead atoms. The molecule has 1 aliphatic rings. The van der Waals surface area contributed by atoms with Gasteiger partial charge in [-0.2, -0.15) is 0 Å². The Balaban J connectivity index is 1.61. The number of likely N-dealkylation sites (N-methyl/N-ethyl adjacent to an activating group) is 1. The highest BCUT2D eigenvalue weighted by Gasteiger charge is 2.24. The highest BCUT2D eigenvalue weighted by molar-refractivity contribution is 7.15. The van der Waals surface area contributed by atoms with Gasteiger partial charge in [-0.3, -0.25) is 10.1 Å². The van der Waals surface area contributed by atoms with E-state index in [1.165, 1.54) is 28.8 Å². The fraction of sp³-hybridized carbons (Fsp3) is 0.353. The standard InChI is InChI=1S/C17H20N4O2S/c1-18-15(22)10-19-16(23)21-17-20-13-8-7-12(9-14(13)24-17)11-5-3-2-4-6-11/h2-6,12H,7-10H2,1H3,(H,18,22)(H2,19,20,21,23)/t12-/m0/s1. The van der Waals surface area contributed by atoms with Crippen LogP contribution in [0.2, 0.25) is 0 Å². The number of hydrogen-bond acceptors (Lipinski definition) is 4. The number of fused-ring (bicyclic) bond motifs is 1. The average Bonchev–Trinajstić information content (AvgIpc) is 3.01. The summed E-state index contributed by atoms with van der Waals surface area (Å²) < 4.78 is 0. The number of rotatable bonds is 4. The quantitative estimate of drug-likeness (QED) is 0.796. The van der Waals surface area contributed by atoms with Gasteiger partial charge in [0.05, 0.1) is 12.2 Å². The topological polar surface area (TPSA) is 83.1 Å². The van der Waals surface area contributed by atoms with Gasteiger partial charge in [-0.25, -0.2) is 9.78 Å². The van der Waals surface area contributed by atoms with Gasteiger partial charge in [-0.05, 0) is 30.7 Å². The maximum absolute atomic E-state index is 11.8. The Kier molecular flexibility index (Phi) is 5.10. The van der Waals surface area contributed by atoms with Crippen LogP contribution in [0.15, 0.2) is 30.3 Å². The highest BCUT2D eigenvalue weighted by Crippen LogP contribution is 2.36. The molecule has 24 heavy (non-hydrogen) atoms. The van der Waals surface area contributed by atoms with E-state index in [-0.39, 0.29) is 12.5 Å². The van der Waals surface area contributed by atoms with E-state index in [1.54, 1.807) is 0 Å². The van der Waals surface area contributed by atoms with Crippen LogP contribution in [0.3, 0.4) is 0 Å². The zero-order valence-electron chi connectivity index (χ0n) is 13.5. The Bertz CT molecular complexity index is 729. The van der Waals surface area contributed by atoms with E-state index in [2.05, 4.69) is 45.2 Å². The Labute approximate surface area is 144 Å². The summed E-state index contributed by atoms with van der Waals surface area (Å²) in [4.78, 5) is 28.7. The lowest BCUT2D eigenvalue weighted by molar-refractivity contribution is -0.119. The fourth-order valence-corrected chi connectivity index (χ4v) is 3.91. The maximum Gasteiger partial charge on any atom is 0.321 e. The van der Waals surface area contributed by atoms with Crippen LogP contribution < -0.4 is 16.0 Å². The van der Waals surface area contributed by atoms with Gasteiger partial charge < -0.3 is 10.6 Å². The number of benzene rings is 1. The van der Waals surface area contributed by atoms with Crippen molar-refractivity contribution in [3.8, 4) is 0 Å². The lowest BCUT2D eigenvalue weighted by Gasteiger charge is -2.21. The van der Waals surface area contributed by atoms with E-state index in [0.29, 0.717) is 11.0 Å². The molecular weight excluding hydrogens is 324 g/mol. The van der Waals surface area contributed by atoms with Gasteiger partial charge in [-0.15, -0.1) is 11.3 Å². The number of aryl methyl sites for hydroxylation is 1. The first kappa shape index (κ1) is 16.4. The largest absolute Gasteiger partial charge is 0.358 e. The molecule has 0 saturated carbocycles. The summed E-state index contributed by atoms with van der Waals surface area (Å²) in [6.45, 7) is -0.0521. The van der Waals surface area contributed by atoms with Gasteiger partial charge in [0.15, 0.2) is 5.13 Å². The number of hydrogen-bond donors (Lipinski definition) is 3. The van der Waals surface area contributed by atoms with Gasteiger partial charge in [0.25, 0.3) is 0 Å². The first-order valence-corrected chi connectivity index (χ1v) is 8.76. The van der Waals surface area contributed by atoms with Crippen LogP contribution >= 0.6 is 11.3 Å². The predicted octanol–water partition coefficient (Wildman–Crippen LogP) is 2.28. The zero-order valence-corrected chi connectivity index (χ0v) is 14.3. The normalized spacial score (nSPS) is 16.1. The van der Waals surface area contributed by atoms with Gasteiger partial charge in [0, 0.05) is 11.9 Å². The van der Waals surface area contributed by atoms with E-state index in [4.69, 9.17) is 0 Å². The molecule has 3 rings (SSSR count). The fourth-order valence-electron chi connectivity index (χ4n) is 2.83. The zero-order chi connectivity index (χ0) is 16.9. The van der Waals surface area contributed by atoms with Crippen molar-refractivity contribution in [3.63, 3.8) is 0 Å². The molecule has 2 aromatic rings. The molecule has 3 amide bonds. The van der Waals surface area contributed by atoms with Crippen LogP contribution in [-0.2, 0) is 17.6 Å². The number of nitrogens with zero attached hydrogens (tertiary/aromatic N) is 1. The third-order valence-corrected chi connectivity index (χ3v) is 5.15. The molecule has 3 N–H and O–H groups in total. The molecule has 0 unspecified atom stereocenters. The summed E-state index contributed by atoms with van der Waals surface area (Å²) in [5.41, 5.74) is 2.43. The minimum absolute atomic E-state index is 0.0521. The lowest BCUT2D eigenvalue weighted by Crippen LogP contribution is -2.37. The number of amides is 3. The third kappa shape index (κ3) is 3.91. The first-order chi connectivity index (χ1) is 11.7. The molecule has 6 nitrogen and oxygen atoms in total. The molecule has 0 aliphatic heterocycles. The summed E-state index contributed by atoms with van der Waals surface area (Å²) >= 11 is 1.52. The van der Waals surface area contributed by atoms with Crippen molar-refractivity contribution in [2.45, 2.75) is 25.2 Å². The number of urea groups is 1. The van der Waals surface area contributed by atoms with Crippen molar-refractivity contribution in [3.05, 3.63) is 46.5 Å². The molecule has 1 heterocycles. The SMILES string of the molecule is CNC(=O)CNC(=O)Nc1nc2c(s1)C[C@@H](c1ccccc1)CC2.